The van der Waals surface area contributed by atoms with E-state index in [0.29, 0.717) is 0 Å². The highest BCUT2D eigenvalue weighted by Gasteiger charge is 2.19. The normalized spacial score (nSPS) is 12.2. The van der Waals surface area contributed by atoms with Crippen LogP contribution in [-0.2, 0) is 9.53 Å². The summed E-state index contributed by atoms with van der Waals surface area (Å²) in [5.74, 6) is -0.649. The summed E-state index contributed by atoms with van der Waals surface area (Å²) < 4.78 is 5.07. The van der Waals surface area contributed by atoms with E-state index in [-0.39, 0.29) is 5.17 Å². The van der Waals surface area contributed by atoms with Crippen LogP contribution in [0.15, 0.2) is 29.4 Å². The van der Waals surface area contributed by atoms with E-state index in [0.717, 1.165) is 11.3 Å². The summed E-state index contributed by atoms with van der Waals surface area (Å²) >= 11 is 5.73. The first-order chi connectivity index (χ1) is 8.28. The number of halogens is 1. The maximum atomic E-state index is 11.5. The predicted octanol–water partition coefficient (Wildman–Crippen LogP) is 3.30. The molecule has 1 rings (SSSR count). The molecule has 0 aliphatic heterocycles. The molecule has 0 heterocycles. The maximum absolute atomic E-state index is 11.5. The Hall–Kier alpha value is -1.55. The van der Waals surface area contributed by atoms with E-state index in [1.807, 2.05) is 31.2 Å². The minimum absolute atomic E-state index is 0.231. The minimum Gasteiger partial charge on any atom is -0.455 e. The molecule has 0 spiro atoms. The van der Waals surface area contributed by atoms with E-state index < -0.39 is 11.6 Å². The van der Waals surface area contributed by atoms with E-state index in [2.05, 4.69) is 10.5 Å². The number of aryl methyl sites for hydroxylation is 1. The van der Waals surface area contributed by atoms with Crippen LogP contribution in [0.4, 0.5) is 5.69 Å². The molecule has 0 radical (unpaired) electrons. The maximum Gasteiger partial charge on any atom is 0.371 e. The third-order valence-corrected chi connectivity index (χ3v) is 2.14. The van der Waals surface area contributed by atoms with Crippen LogP contribution in [0.1, 0.15) is 26.3 Å². The molecule has 0 fully saturated rings. The Kier molecular flexibility index (Phi) is 4.73. The van der Waals surface area contributed by atoms with Crippen LogP contribution >= 0.6 is 11.6 Å². The lowest BCUT2D eigenvalue weighted by molar-refractivity contribution is -0.145. The van der Waals surface area contributed by atoms with Gasteiger partial charge in [0.15, 0.2) is 0 Å². The third kappa shape index (κ3) is 5.19. The number of hydrogen-bond donors (Lipinski definition) is 1. The summed E-state index contributed by atoms with van der Waals surface area (Å²) in [7, 11) is 0. The largest absolute Gasteiger partial charge is 0.455 e. The van der Waals surface area contributed by atoms with Gasteiger partial charge in [0.1, 0.15) is 5.60 Å². The number of nitrogens with zero attached hydrogens (tertiary/aromatic N) is 1. The van der Waals surface area contributed by atoms with Crippen LogP contribution in [-0.4, -0.2) is 16.7 Å². The van der Waals surface area contributed by atoms with Crippen LogP contribution in [0.2, 0.25) is 0 Å². The van der Waals surface area contributed by atoms with Gasteiger partial charge in [0.05, 0.1) is 5.69 Å². The fourth-order valence-corrected chi connectivity index (χ4v) is 1.19. The molecule has 0 aliphatic carbocycles. The Morgan fingerprint density at radius 3 is 2.33 bits per heavy atom. The molecule has 1 aromatic rings. The molecular formula is C13H17ClN2O2. The zero-order valence-corrected chi connectivity index (χ0v) is 11.7. The number of anilines is 1. The number of nitrogens with one attached hydrogen (secondary N) is 1. The molecule has 18 heavy (non-hydrogen) atoms. The van der Waals surface area contributed by atoms with Gasteiger partial charge < -0.3 is 4.74 Å². The van der Waals surface area contributed by atoms with Crippen molar-refractivity contribution < 1.29 is 9.53 Å². The van der Waals surface area contributed by atoms with Gasteiger partial charge in [-0.3, -0.25) is 5.43 Å². The SMILES string of the molecule is Cc1ccc(NN=C(Cl)C(=O)OC(C)(C)C)cc1. The van der Waals surface area contributed by atoms with Crippen molar-refractivity contribution in [1.29, 1.82) is 0 Å². The Bertz CT molecular complexity index is 447. The van der Waals surface area contributed by atoms with E-state index >= 15 is 0 Å². The van der Waals surface area contributed by atoms with Gasteiger partial charge in [0.25, 0.3) is 0 Å². The molecule has 0 saturated heterocycles. The van der Waals surface area contributed by atoms with Crippen molar-refractivity contribution in [2.24, 2.45) is 5.10 Å². The van der Waals surface area contributed by atoms with Crippen LogP contribution in [0.25, 0.3) is 0 Å². The number of ether oxygens (including phenoxy) is 1. The number of carbonyl (C=O) groups excluding carboxylic acids is 1. The molecule has 4 nitrogen and oxygen atoms in total. The monoisotopic (exact) mass is 268 g/mol. The zero-order chi connectivity index (χ0) is 13.8. The molecular weight excluding hydrogens is 252 g/mol. The summed E-state index contributed by atoms with van der Waals surface area (Å²) in [6.07, 6.45) is 0. The van der Waals surface area contributed by atoms with E-state index in [9.17, 15) is 4.79 Å². The lowest BCUT2D eigenvalue weighted by Crippen LogP contribution is -2.27. The number of hydrogen-bond acceptors (Lipinski definition) is 4. The van der Waals surface area contributed by atoms with Gasteiger partial charge in [-0.2, -0.15) is 5.10 Å². The Morgan fingerprint density at radius 1 is 1.28 bits per heavy atom. The summed E-state index contributed by atoms with van der Waals surface area (Å²) in [4.78, 5) is 11.5. The summed E-state index contributed by atoms with van der Waals surface area (Å²) in [6.45, 7) is 7.29. The van der Waals surface area contributed by atoms with Crippen molar-refractivity contribution >= 4 is 28.4 Å². The van der Waals surface area contributed by atoms with Gasteiger partial charge in [-0.15, -0.1) is 0 Å². The molecule has 1 aromatic carbocycles. The second kappa shape index (κ2) is 5.87. The van der Waals surface area contributed by atoms with Crippen LogP contribution in [0.5, 0.6) is 0 Å². The van der Waals surface area contributed by atoms with Crippen molar-refractivity contribution in [2.45, 2.75) is 33.3 Å². The predicted molar refractivity (Wildman–Crippen MR) is 73.9 cm³/mol. The van der Waals surface area contributed by atoms with Gasteiger partial charge in [-0.25, -0.2) is 4.79 Å². The first-order valence-corrected chi connectivity index (χ1v) is 5.95. The fraction of sp³-hybridized carbons (Fsp3) is 0.385. The second-order valence-corrected chi connectivity index (χ2v) is 5.24. The minimum atomic E-state index is -0.649. The first-order valence-electron chi connectivity index (χ1n) is 5.57. The lowest BCUT2D eigenvalue weighted by Gasteiger charge is -2.18. The smallest absolute Gasteiger partial charge is 0.371 e. The highest BCUT2D eigenvalue weighted by atomic mass is 35.5. The van der Waals surface area contributed by atoms with E-state index in [4.69, 9.17) is 16.3 Å². The topological polar surface area (TPSA) is 50.7 Å². The lowest BCUT2D eigenvalue weighted by atomic mass is 10.2. The third-order valence-electron chi connectivity index (χ3n) is 1.90. The van der Waals surface area contributed by atoms with Crippen molar-refractivity contribution in [3.8, 4) is 0 Å². The van der Waals surface area contributed by atoms with Crippen LogP contribution < -0.4 is 5.43 Å². The van der Waals surface area contributed by atoms with Crippen molar-refractivity contribution in [3.63, 3.8) is 0 Å². The molecule has 0 bridgehead atoms. The molecule has 0 unspecified atom stereocenters. The fourth-order valence-electron chi connectivity index (χ4n) is 1.11. The van der Waals surface area contributed by atoms with E-state index in [1.54, 1.807) is 20.8 Å². The number of hydrazone groups is 1. The van der Waals surface area contributed by atoms with Gasteiger partial charge in [-0.1, -0.05) is 29.3 Å². The number of benzene rings is 1. The van der Waals surface area contributed by atoms with E-state index in [1.165, 1.54) is 0 Å². The molecule has 5 heteroatoms. The highest BCUT2D eigenvalue weighted by Crippen LogP contribution is 2.11. The van der Waals surface area contributed by atoms with Gasteiger partial charge in [0.2, 0.25) is 5.17 Å². The van der Waals surface area contributed by atoms with Crippen molar-refractivity contribution in [3.05, 3.63) is 29.8 Å². The van der Waals surface area contributed by atoms with Crippen LogP contribution in [0.3, 0.4) is 0 Å². The first kappa shape index (κ1) is 14.5. The molecule has 0 amide bonds. The highest BCUT2D eigenvalue weighted by molar-refractivity contribution is 6.82. The summed E-state index contributed by atoms with van der Waals surface area (Å²) in [5.41, 5.74) is 4.00. The zero-order valence-electron chi connectivity index (χ0n) is 11.0. The van der Waals surface area contributed by atoms with Crippen molar-refractivity contribution in [1.82, 2.24) is 0 Å². The molecule has 0 atom stereocenters. The number of esters is 1. The Morgan fingerprint density at radius 2 is 1.83 bits per heavy atom. The quantitative estimate of drug-likeness (QED) is 0.520. The van der Waals surface area contributed by atoms with Crippen molar-refractivity contribution in [2.75, 3.05) is 5.43 Å². The molecule has 0 aliphatic rings. The summed E-state index contributed by atoms with van der Waals surface area (Å²) in [5, 5.41) is 3.53. The van der Waals surface area contributed by atoms with Gasteiger partial charge >= 0.3 is 5.97 Å². The number of carbonyl (C=O) groups is 1. The van der Waals surface area contributed by atoms with Crippen LogP contribution in [0, 0.1) is 6.92 Å². The average Bonchev–Trinajstić information content (AvgIpc) is 2.25. The Balaban J connectivity index is 2.61. The average molecular weight is 269 g/mol. The second-order valence-electron chi connectivity index (χ2n) is 4.88. The Labute approximate surface area is 112 Å². The molecule has 0 aromatic heterocycles. The van der Waals surface area contributed by atoms with Gasteiger partial charge in [0, 0.05) is 0 Å². The van der Waals surface area contributed by atoms with Gasteiger partial charge in [-0.05, 0) is 39.8 Å². The molecule has 0 saturated carbocycles. The molecule has 1 N–H and O–H groups in total. The number of rotatable bonds is 3. The molecule has 98 valence electrons. The summed E-state index contributed by atoms with van der Waals surface area (Å²) in [6, 6.07) is 7.55. The standard InChI is InChI=1S/C13H17ClN2O2/c1-9-5-7-10(8-6-9)15-16-11(14)12(17)18-13(2,3)4/h5-8,15H,1-4H3.